The van der Waals surface area contributed by atoms with Crippen LogP contribution in [0, 0.1) is 0 Å². The smallest absolute Gasteiger partial charge is 0.251 e. The van der Waals surface area contributed by atoms with Crippen LogP contribution in [0.4, 0.5) is 0 Å². The highest BCUT2D eigenvalue weighted by molar-refractivity contribution is 6.42. The number of nitrogens with one attached hydrogen (secondary N) is 1. The maximum absolute atomic E-state index is 13.6. The molecule has 2 rings (SSSR count). The van der Waals surface area contributed by atoms with Crippen LogP contribution in [-0.4, -0.2) is 64.6 Å². The molecule has 0 fully saturated rings. The maximum atomic E-state index is 13.6. The van der Waals surface area contributed by atoms with Crippen LogP contribution in [0.2, 0.25) is 10.0 Å². The number of carbonyl (C=O) groups is 2. The van der Waals surface area contributed by atoms with Gasteiger partial charge in [-0.2, -0.15) is 0 Å². The molecule has 0 spiro atoms. The molecule has 0 unspecified atom stereocenters. The molecule has 1 aromatic carbocycles. The monoisotopic (exact) mass is 538 g/mol. The van der Waals surface area contributed by atoms with Crippen molar-refractivity contribution in [2.24, 2.45) is 5.11 Å². The van der Waals surface area contributed by atoms with Gasteiger partial charge in [-0.25, -0.2) is 0 Å². The molecule has 36 heavy (non-hydrogen) atoms. The number of rotatable bonds is 16. The minimum Gasteiger partial charge on any atom is -0.385 e. The quantitative estimate of drug-likeness (QED) is 0.143. The predicted octanol–water partition coefficient (Wildman–Crippen LogP) is 4.64. The largest absolute Gasteiger partial charge is 0.385 e. The van der Waals surface area contributed by atoms with Gasteiger partial charge in [-0.3, -0.25) is 14.3 Å². The summed E-state index contributed by atoms with van der Waals surface area (Å²) in [6.45, 7) is 4.15. The lowest BCUT2D eigenvalue weighted by Crippen LogP contribution is -2.49. The summed E-state index contributed by atoms with van der Waals surface area (Å²) in [5.41, 5.74) is 9.30. The first-order chi connectivity index (χ1) is 17.4. The van der Waals surface area contributed by atoms with Crippen molar-refractivity contribution in [2.75, 3.05) is 26.8 Å². The number of aryl methyl sites for hydroxylation is 1. The Bertz CT molecular complexity index is 1030. The second kappa shape index (κ2) is 16.0. The summed E-state index contributed by atoms with van der Waals surface area (Å²) in [7, 11) is 1.62. The van der Waals surface area contributed by atoms with Crippen molar-refractivity contribution in [3.63, 3.8) is 0 Å². The predicted molar refractivity (Wildman–Crippen MR) is 138 cm³/mol. The Labute approximate surface area is 220 Å². The van der Waals surface area contributed by atoms with Crippen molar-refractivity contribution in [3.8, 4) is 0 Å². The number of carbonyl (C=O) groups excluding carboxylic acids is 2. The number of azide groups is 1. The van der Waals surface area contributed by atoms with Crippen LogP contribution < -0.4 is 5.32 Å². The summed E-state index contributed by atoms with van der Waals surface area (Å²) in [5.74, 6) is -0.606. The Morgan fingerprint density at radius 3 is 2.72 bits per heavy atom. The van der Waals surface area contributed by atoms with E-state index >= 15 is 0 Å². The van der Waals surface area contributed by atoms with Crippen molar-refractivity contribution in [3.05, 3.63) is 56.1 Å². The Morgan fingerprint density at radius 1 is 1.25 bits per heavy atom. The third kappa shape index (κ3) is 9.66. The van der Waals surface area contributed by atoms with E-state index in [4.69, 9.17) is 33.5 Å². The van der Waals surface area contributed by atoms with Gasteiger partial charge in [-0.15, -0.1) is 5.10 Å². The molecule has 1 N–H and O–H groups in total. The zero-order valence-electron chi connectivity index (χ0n) is 20.6. The van der Waals surface area contributed by atoms with Crippen molar-refractivity contribution in [2.45, 2.75) is 58.2 Å². The molecule has 1 atom stereocenters. The minimum atomic E-state index is -0.805. The first-order valence-electron chi connectivity index (χ1n) is 11.8. The number of halogens is 2. The van der Waals surface area contributed by atoms with Gasteiger partial charge in [0.2, 0.25) is 5.91 Å². The number of nitrogens with zero attached hydrogens (tertiary/aromatic N) is 7. The summed E-state index contributed by atoms with van der Waals surface area (Å²) in [6.07, 6.45) is 5.52. The third-order valence-corrected chi connectivity index (χ3v) is 6.17. The summed E-state index contributed by atoms with van der Waals surface area (Å²) in [6, 6.07) is 3.76. The van der Waals surface area contributed by atoms with E-state index in [1.165, 1.54) is 12.1 Å². The minimum absolute atomic E-state index is 0.0810. The molecule has 0 aliphatic rings. The fraction of sp³-hybridized carbons (Fsp3) is 0.565. The average Bonchev–Trinajstić information content (AvgIpc) is 3.33. The van der Waals surface area contributed by atoms with Gasteiger partial charge in [-0.1, -0.05) is 53.3 Å². The van der Waals surface area contributed by atoms with Gasteiger partial charge in [0.1, 0.15) is 6.04 Å². The van der Waals surface area contributed by atoms with Gasteiger partial charge in [0.25, 0.3) is 5.91 Å². The lowest BCUT2D eigenvalue weighted by atomic mass is 10.1. The molecule has 11 nitrogen and oxygen atoms in total. The van der Waals surface area contributed by atoms with Crippen LogP contribution in [0.25, 0.3) is 10.4 Å². The summed E-state index contributed by atoms with van der Waals surface area (Å²) in [5, 5.41) is 14.9. The van der Waals surface area contributed by atoms with E-state index in [-0.39, 0.29) is 23.9 Å². The van der Waals surface area contributed by atoms with Crippen LogP contribution in [0.1, 0.15) is 55.1 Å². The molecule has 13 heteroatoms. The fourth-order valence-corrected chi connectivity index (χ4v) is 3.83. The summed E-state index contributed by atoms with van der Waals surface area (Å²) < 4.78 is 6.71. The van der Waals surface area contributed by atoms with E-state index in [1.807, 2.05) is 0 Å². The molecule has 0 bridgehead atoms. The average molecular weight is 539 g/mol. The van der Waals surface area contributed by atoms with E-state index in [1.54, 1.807) is 29.0 Å². The molecule has 0 saturated carbocycles. The van der Waals surface area contributed by atoms with E-state index in [2.05, 4.69) is 32.6 Å². The fourth-order valence-electron chi connectivity index (χ4n) is 3.53. The first kappa shape index (κ1) is 29.4. The second-order valence-electron chi connectivity index (χ2n) is 8.18. The van der Waals surface area contributed by atoms with E-state index in [0.29, 0.717) is 48.9 Å². The van der Waals surface area contributed by atoms with Gasteiger partial charge in [0.15, 0.2) is 0 Å². The summed E-state index contributed by atoms with van der Waals surface area (Å²) in [4.78, 5) is 31.1. The zero-order valence-corrected chi connectivity index (χ0v) is 22.1. The molecule has 2 amide bonds. The molecule has 0 radical (unpaired) electrons. The van der Waals surface area contributed by atoms with Crippen molar-refractivity contribution in [1.29, 1.82) is 0 Å². The van der Waals surface area contributed by atoms with E-state index in [0.717, 1.165) is 19.3 Å². The van der Waals surface area contributed by atoms with Crippen molar-refractivity contribution >= 4 is 35.0 Å². The van der Waals surface area contributed by atoms with Crippen molar-refractivity contribution in [1.82, 2.24) is 25.2 Å². The number of methoxy groups -OCH3 is 1. The number of unbranched alkanes of at least 4 members (excludes halogenated alkanes) is 2. The highest BCUT2D eigenvalue weighted by Gasteiger charge is 2.26. The molecular formula is C23H32Cl2N8O3. The molecule has 196 valence electrons. The normalized spacial score (nSPS) is 11.6. The second-order valence-corrected chi connectivity index (χ2v) is 9.00. The number of aromatic nitrogens is 3. The molecule has 0 saturated heterocycles. The Hall–Kier alpha value is -2.85. The number of ether oxygens (including phenoxy) is 1. The van der Waals surface area contributed by atoms with Gasteiger partial charge in [0, 0.05) is 50.0 Å². The first-order valence-corrected chi connectivity index (χ1v) is 12.6. The lowest BCUT2D eigenvalue weighted by Gasteiger charge is -2.28. The molecule has 1 heterocycles. The molecule has 2 aromatic rings. The highest BCUT2D eigenvalue weighted by atomic mass is 35.5. The Morgan fingerprint density at radius 2 is 2.03 bits per heavy atom. The number of benzene rings is 1. The molecule has 0 aliphatic heterocycles. The number of hydrogen-bond acceptors (Lipinski definition) is 6. The Balaban J connectivity index is 2.20. The van der Waals surface area contributed by atoms with Gasteiger partial charge in [0.05, 0.1) is 22.3 Å². The molecule has 1 aromatic heterocycles. The number of hydrogen-bond donors (Lipinski definition) is 1. The highest BCUT2D eigenvalue weighted by Crippen LogP contribution is 2.22. The van der Waals surface area contributed by atoms with Crippen LogP contribution in [-0.2, 0) is 22.6 Å². The van der Waals surface area contributed by atoms with Gasteiger partial charge < -0.3 is 15.0 Å². The zero-order chi connectivity index (χ0) is 26.3. The number of amides is 2. The third-order valence-electron chi connectivity index (χ3n) is 5.43. The standard InChI is InChI=1S/C23H32Cl2N8O3/c1-3-4-5-10-32(11-6-13-36-2)23(35)21(9-12-33-16-18(29-31-33)15-27-30-26)28-22(34)17-7-8-19(24)20(25)14-17/h7-8,14,16,21H,3-6,9-13,15H2,1-2H3,(H,28,34)/t21-/m0/s1. The van der Waals surface area contributed by atoms with E-state index < -0.39 is 11.9 Å². The van der Waals surface area contributed by atoms with Crippen LogP contribution >= 0.6 is 23.2 Å². The lowest BCUT2D eigenvalue weighted by molar-refractivity contribution is -0.133. The molecule has 0 aliphatic carbocycles. The Kier molecular flexibility index (Phi) is 13.1. The SMILES string of the molecule is CCCCCN(CCCOC)C(=O)[C@H](CCn1cc(CN=[N+]=[N-])nn1)NC(=O)c1ccc(Cl)c(Cl)c1. The topological polar surface area (TPSA) is 138 Å². The van der Waals surface area contributed by atoms with Gasteiger partial charge in [-0.05, 0) is 43.0 Å². The maximum Gasteiger partial charge on any atom is 0.251 e. The van der Waals surface area contributed by atoms with Crippen LogP contribution in [0.15, 0.2) is 29.5 Å². The van der Waals surface area contributed by atoms with Crippen LogP contribution in [0.3, 0.4) is 0 Å². The summed E-state index contributed by atoms with van der Waals surface area (Å²) >= 11 is 12.1. The van der Waals surface area contributed by atoms with Crippen LogP contribution in [0.5, 0.6) is 0 Å². The van der Waals surface area contributed by atoms with E-state index in [9.17, 15) is 9.59 Å². The van der Waals surface area contributed by atoms with Crippen molar-refractivity contribution < 1.29 is 14.3 Å². The van der Waals surface area contributed by atoms with Gasteiger partial charge >= 0.3 is 0 Å². The molecular weight excluding hydrogens is 507 g/mol.